The first-order valence-electron chi connectivity index (χ1n) is 15.6. The zero-order chi connectivity index (χ0) is 33.5. The summed E-state index contributed by atoms with van der Waals surface area (Å²) in [7, 11) is 3.69. The Morgan fingerprint density at radius 2 is 1.98 bits per heavy atom. The molecule has 1 unspecified atom stereocenters. The van der Waals surface area contributed by atoms with E-state index >= 15 is 0 Å². The van der Waals surface area contributed by atoms with E-state index in [1.165, 1.54) is 12.1 Å². The largest absolute Gasteiger partial charge is 0.463 e. The van der Waals surface area contributed by atoms with Crippen LogP contribution in [0.3, 0.4) is 0 Å². The van der Waals surface area contributed by atoms with Crippen molar-refractivity contribution in [3.05, 3.63) is 65.1 Å². The maximum Gasteiger partial charge on any atom is 0.318 e. The summed E-state index contributed by atoms with van der Waals surface area (Å²) in [5.41, 5.74) is 1.63. The van der Waals surface area contributed by atoms with Crippen LogP contribution in [0.4, 0.5) is 24.7 Å². The molecule has 2 aromatic carbocycles. The average Bonchev–Trinajstić information content (AvgIpc) is 3.03. The zero-order valence-corrected chi connectivity index (χ0v) is 27.2. The fourth-order valence-electron chi connectivity index (χ4n) is 7.40. The van der Waals surface area contributed by atoms with Gasteiger partial charge in [0.25, 0.3) is 0 Å². The SMILES string of the molecule is C=CC(=O)N1CCN(c2nc(OCC3(CN(C)C)CC(F)(F)C3)nc3c2CCN(c2cccc4ccc(F)c(Cl)c24)C3)CC1CC#N. The van der Waals surface area contributed by atoms with Crippen molar-refractivity contribution in [2.45, 2.75) is 44.2 Å². The number of piperazine rings is 1. The predicted octanol–water partition coefficient (Wildman–Crippen LogP) is 5.46. The molecule has 47 heavy (non-hydrogen) atoms. The summed E-state index contributed by atoms with van der Waals surface area (Å²) >= 11 is 6.48. The molecule has 2 fully saturated rings. The van der Waals surface area contributed by atoms with Gasteiger partial charge in [0, 0.05) is 67.6 Å². The van der Waals surface area contributed by atoms with Crippen molar-refractivity contribution in [3.8, 4) is 12.1 Å². The molecule has 1 saturated carbocycles. The van der Waals surface area contributed by atoms with Crippen molar-refractivity contribution < 1.29 is 22.7 Å². The van der Waals surface area contributed by atoms with E-state index in [-0.39, 0.29) is 48.9 Å². The quantitative estimate of drug-likeness (QED) is 0.278. The van der Waals surface area contributed by atoms with E-state index in [9.17, 15) is 23.2 Å². The zero-order valence-electron chi connectivity index (χ0n) is 26.5. The number of carbonyl (C=O) groups is 1. The van der Waals surface area contributed by atoms with Crippen LogP contribution in [0.25, 0.3) is 10.8 Å². The summed E-state index contributed by atoms with van der Waals surface area (Å²) in [5, 5.41) is 11.0. The fraction of sp³-hybridized carbons (Fsp3) is 0.471. The van der Waals surface area contributed by atoms with E-state index in [2.05, 4.69) is 22.4 Å². The van der Waals surface area contributed by atoms with Gasteiger partial charge in [0.15, 0.2) is 0 Å². The van der Waals surface area contributed by atoms with Crippen molar-refractivity contribution >= 4 is 39.8 Å². The second-order valence-electron chi connectivity index (χ2n) is 13.1. The summed E-state index contributed by atoms with van der Waals surface area (Å²) in [5.74, 6) is -2.83. The van der Waals surface area contributed by atoms with Crippen LogP contribution in [-0.4, -0.2) is 91.1 Å². The number of nitriles is 1. The number of hydrogen-bond acceptors (Lipinski definition) is 8. The molecule has 248 valence electrons. The minimum atomic E-state index is -2.74. The second-order valence-corrected chi connectivity index (χ2v) is 13.5. The summed E-state index contributed by atoms with van der Waals surface area (Å²) in [6.07, 6.45) is 1.39. The number of halogens is 4. The van der Waals surface area contributed by atoms with Gasteiger partial charge in [-0.15, -0.1) is 0 Å². The number of benzene rings is 2. The highest BCUT2D eigenvalue weighted by Crippen LogP contribution is 2.52. The Morgan fingerprint density at radius 1 is 1.19 bits per heavy atom. The molecule has 1 aliphatic carbocycles. The number of ether oxygens (including phenoxy) is 1. The van der Waals surface area contributed by atoms with Gasteiger partial charge < -0.3 is 24.3 Å². The van der Waals surface area contributed by atoms with Gasteiger partial charge >= 0.3 is 6.01 Å². The van der Waals surface area contributed by atoms with Gasteiger partial charge in [-0.3, -0.25) is 4.79 Å². The molecule has 1 atom stereocenters. The molecule has 1 aromatic heterocycles. The summed E-state index contributed by atoms with van der Waals surface area (Å²) < 4.78 is 49.0. The van der Waals surface area contributed by atoms with Crippen LogP contribution in [0.2, 0.25) is 5.02 Å². The molecule has 9 nitrogen and oxygen atoms in total. The highest BCUT2D eigenvalue weighted by atomic mass is 35.5. The van der Waals surface area contributed by atoms with Crippen molar-refractivity contribution in [2.75, 3.05) is 63.2 Å². The third-order valence-corrected chi connectivity index (χ3v) is 9.64. The molecule has 0 N–H and O–H groups in total. The number of anilines is 2. The van der Waals surface area contributed by atoms with Crippen molar-refractivity contribution in [1.29, 1.82) is 5.26 Å². The molecular weight excluding hydrogens is 631 g/mol. The van der Waals surface area contributed by atoms with Gasteiger partial charge in [-0.2, -0.15) is 15.2 Å². The average molecular weight is 668 g/mol. The predicted molar refractivity (Wildman–Crippen MR) is 175 cm³/mol. The van der Waals surface area contributed by atoms with Crippen LogP contribution in [0, 0.1) is 22.6 Å². The molecule has 6 rings (SSSR count). The lowest BCUT2D eigenvalue weighted by atomic mass is 9.66. The fourth-order valence-corrected chi connectivity index (χ4v) is 7.67. The third-order valence-electron chi connectivity index (χ3n) is 9.27. The first-order chi connectivity index (χ1) is 22.4. The number of rotatable bonds is 9. The molecule has 1 amide bonds. The molecule has 13 heteroatoms. The first-order valence-corrected chi connectivity index (χ1v) is 16.0. The Bertz CT molecular complexity index is 1730. The summed E-state index contributed by atoms with van der Waals surface area (Å²) in [6, 6.07) is 10.6. The number of hydrogen-bond donors (Lipinski definition) is 0. The Labute approximate surface area is 277 Å². The van der Waals surface area contributed by atoms with Crippen LogP contribution < -0.4 is 14.5 Å². The van der Waals surface area contributed by atoms with Crippen molar-refractivity contribution in [2.24, 2.45) is 5.41 Å². The molecule has 0 spiro atoms. The number of fused-ring (bicyclic) bond motifs is 2. The lowest BCUT2D eigenvalue weighted by molar-refractivity contribution is -0.178. The van der Waals surface area contributed by atoms with E-state index in [1.807, 2.05) is 37.2 Å². The maximum absolute atomic E-state index is 14.6. The van der Waals surface area contributed by atoms with Crippen LogP contribution in [0.1, 0.15) is 30.5 Å². The van der Waals surface area contributed by atoms with Gasteiger partial charge in [-0.25, -0.2) is 13.2 Å². The van der Waals surface area contributed by atoms with Crippen molar-refractivity contribution in [3.63, 3.8) is 0 Å². The van der Waals surface area contributed by atoms with Gasteiger partial charge in [-0.1, -0.05) is 36.4 Å². The Morgan fingerprint density at radius 3 is 2.68 bits per heavy atom. The molecule has 2 aliphatic heterocycles. The van der Waals surface area contributed by atoms with Crippen LogP contribution >= 0.6 is 11.6 Å². The molecule has 3 heterocycles. The minimum absolute atomic E-state index is 0.0274. The number of nitrogens with zero attached hydrogens (tertiary/aromatic N) is 7. The van der Waals surface area contributed by atoms with Crippen LogP contribution in [0.15, 0.2) is 43.0 Å². The van der Waals surface area contributed by atoms with E-state index in [0.29, 0.717) is 62.6 Å². The number of aromatic nitrogens is 2. The summed E-state index contributed by atoms with van der Waals surface area (Å²) in [4.78, 5) is 29.9. The van der Waals surface area contributed by atoms with E-state index < -0.39 is 17.2 Å². The number of carbonyl (C=O) groups excluding carboxylic acids is 1. The van der Waals surface area contributed by atoms with Crippen LogP contribution in [-0.2, 0) is 17.8 Å². The molecule has 0 radical (unpaired) electrons. The normalized spacial score (nSPS) is 20.0. The second kappa shape index (κ2) is 12.8. The molecular formula is C34H37ClF3N7O2. The van der Waals surface area contributed by atoms with Crippen molar-refractivity contribution in [1.82, 2.24) is 19.8 Å². The van der Waals surface area contributed by atoms with E-state index in [4.69, 9.17) is 26.3 Å². The van der Waals surface area contributed by atoms with Gasteiger partial charge in [-0.05, 0) is 44.1 Å². The van der Waals surface area contributed by atoms with Gasteiger partial charge in [0.2, 0.25) is 11.8 Å². The Balaban J connectivity index is 1.36. The highest BCUT2D eigenvalue weighted by Gasteiger charge is 2.57. The third kappa shape index (κ3) is 6.56. The molecule has 1 saturated heterocycles. The Hall–Kier alpha value is -4.08. The maximum atomic E-state index is 14.6. The number of amides is 1. The van der Waals surface area contributed by atoms with Crippen LogP contribution in [0.5, 0.6) is 6.01 Å². The smallest absolute Gasteiger partial charge is 0.318 e. The minimum Gasteiger partial charge on any atom is -0.463 e. The molecule has 3 aliphatic rings. The lowest BCUT2D eigenvalue weighted by Gasteiger charge is -2.48. The monoisotopic (exact) mass is 667 g/mol. The number of alkyl halides is 2. The van der Waals surface area contributed by atoms with E-state index in [0.717, 1.165) is 16.6 Å². The van der Waals surface area contributed by atoms with Gasteiger partial charge in [0.1, 0.15) is 11.6 Å². The van der Waals surface area contributed by atoms with E-state index in [1.54, 1.807) is 11.0 Å². The molecule has 0 bridgehead atoms. The van der Waals surface area contributed by atoms with Gasteiger partial charge in [0.05, 0.1) is 42.4 Å². The Kier molecular flexibility index (Phi) is 8.98. The summed E-state index contributed by atoms with van der Waals surface area (Å²) in [6.45, 7) is 6.20. The standard InChI is InChI=1S/C34H37ClF3N7O2/c1-4-28(46)45-15-14-44(16-23(45)10-12-39)31-24-11-13-43(27-7-5-6-22-8-9-25(36)30(35)29(22)27)17-26(24)40-32(41-31)47-21-33(20-42(2)3)18-34(37,38)19-33/h4-9,23H,1,10-11,13-21H2,2-3H3. The lowest BCUT2D eigenvalue weighted by Crippen LogP contribution is -2.55. The highest BCUT2D eigenvalue weighted by molar-refractivity contribution is 6.36. The topological polar surface area (TPSA) is 88.8 Å². The first kappa shape index (κ1) is 32.8. The molecule has 3 aromatic rings.